The molecule has 10 heteroatoms. The average molecular weight is 427 g/mol. The van der Waals surface area contributed by atoms with E-state index in [4.69, 9.17) is 4.74 Å². The Morgan fingerprint density at radius 1 is 1.00 bits per heavy atom. The van der Waals surface area contributed by atoms with Crippen LogP contribution >= 0.6 is 0 Å². The molecule has 0 aliphatic carbocycles. The van der Waals surface area contributed by atoms with Crippen LogP contribution in [0.25, 0.3) is 0 Å². The van der Waals surface area contributed by atoms with Crippen LogP contribution in [-0.2, 0) is 10.0 Å². The van der Waals surface area contributed by atoms with E-state index in [1.807, 2.05) is 0 Å². The van der Waals surface area contributed by atoms with Crippen LogP contribution in [0.1, 0.15) is 10.4 Å². The number of sulfonamides is 1. The average Bonchev–Trinajstić information content (AvgIpc) is 2.74. The summed E-state index contributed by atoms with van der Waals surface area (Å²) in [6.45, 7) is 0. The van der Waals surface area contributed by atoms with E-state index in [1.54, 1.807) is 42.5 Å². The molecule has 0 bridgehead atoms. The molecule has 9 nitrogen and oxygen atoms in total. The van der Waals surface area contributed by atoms with E-state index in [9.17, 15) is 23.3 Å². The number of ether oxygens (including phenoxy) is 1. The van der Waals surface area contributed by atoms with Crippen LogP contribution in [0.3, 0.4) is 0 Å². The van der Waals surface area contributed by atoms with Gasteiger partial charge in [-0.15, -0.1) is 0 Å². The number of nitro benzene ring substituents is 1. The first-order chi connectivity index (χ1) is 14.3. The quantitative estimate of drug-likeness (QED) is 0.437. The third-order valence-corrected chi connectivity index (χ3v) is 5.48. The number of carbonyl (C=O) groups excluding carboxylic acids is 1. The van der Waals surface area contributed by atoms with Crippen LogP contribution in [0.15, 0.2) is 77.7 Å². The molecule has 0 saturated heterocycles. The molecule has 0 unspecified atom stereocenters. The number of methoxy groups -OCH3 is 1. The highest BCUT2D eigenvalue weighted by Gasteiger charge is 2.25. The van der Waals surface area contributed by atoms with Crippen LogP contribution in [0.2, 0.25) is 0 Å². The minimum Gasteiger partial charge on any atom is -0.495 e. The van der Waals surface area contributed by atoms with Crippen LogP contribution in [0, 0.1) is 10.1 Å². The van der Waals surface area contributed by atoms with Crippen molar-refractivity contribution in [1.29, 1.82) is 0 Å². The summed E-state index contributed by atoms with van der Waals surface area (Å²) < 4.78 is 33.2. The zero-order valence-electron chi connectivity index (χ0n) is 15.7. The number of non-ortho nitro benzene ring substituents is 1. The number of hydrogen-bond acceptors (Lipinski definition) is 6. The molecule has 0 heterocycles. The summed E-state index contributed by atoms with van der Waals surface area (Å²) in [4.78, 5) is 22.6. The number of amides is 1. The highest BCUT2D eigenvalue weighted by atomic mass is 32.2. The van der Waals surface area contributed by atoms with Gasteiger partial charge in [-0.25, -0.2) is 8.42 Å². The minimum atomic E-state index is -4.30. The lowest BCUT2D eigenvalue weighted by Gasteiger charge is -2.14. The molecule has 1 amide bonds. The summed E-state index contributed by atoms with van der Waals surface area (Å²) >= 11 is 0. The highest BCUT2D eigenvalue weighted by Crippen LogP contribution is 2.30. The molecule has 154 valence electrons. The van der Waals surface area contributed by atoms with E-state index in [-0.39, 0.29) is 17.0 Å². The number of rotatable bonds is 7. The number of para-hydroxylation sites is 2. The lowest BCUT2D eigenvalue weighted by molar-refractivity contribution is -0.385. The Balaban J connectivity index is 1.96. The molecule has 0 aromatic heterocycles. The van der Waals surface area contributed by atoms with Gasteiger partial charge in [0.25, 0.3) is 21.6 Å². The highest BCUT2D eigenvalue weighted by molar-refractivity contribution is 7.92. The first kappa shape index (κ1) is 20.8. The number of nitro groups is 1. The fraction of sp³-hybridized carbons (Fsp3) is 0.0500. The third kappa shape index (κ3) is 4.55. The van der Waals surface area contributed by atoms with E-state index >= 15 is 0 Å². The molecule has 30 heavy (non-hydrogen) atoms. The SMILES string of the molecule is COc1ccc([N+](=O)[O-])cc1S(=O)(=O)Nc1ccccc1C(=O)Nc1ccccc1. The van der Waals surface area contributed by atoms with Crippen molar-refractivity contribution in [2.24, 2.45) is 0 Å². The van der Waals surface area contributed by atoms with Gasteiger partial charge in [-0.05, 0) is 30.3 Å². The van der Waals surface area contributed by atoms with Crippen LogP contribution < -0.4 is 14.8 Å². The van der Waals surface area contributed by atoms with Crippen molar-refractivity contribution in [1.82, 2.24) is 0 Å². The van der Waals surface area contributed by atoms with Gasteiger partial charge in [0, 0.05) is 17.8 Å². The molecule has 0 fully saturated rings. The van der Waals surface area contributed by atoms with Crippen molar-refractivity contribution in [2.45, 2.75) is 4.90 Å². The van der Waals surface area contributed by atoms with Crippen LogP contribution in [0.4, 0.5) is 17.1 Å². The van der Waals surface area contributed by atoms with Gasteiger partial charge in [-0.1, -0.05) is 30.3 Å². The second-order valence-corrected chi connectivity index (χ2v) is 7.71. The van der Waals surface area contributed by atoms with Gasteiger partial charge in [0.1, 0.15) is 10.6 Å². The summed E-state index contributed by atoms with van der Waals surface area (Å²) in [6, 6.07) is 17.9. The molecular weight excluding hydrogens is 410 g/mol. The smallest absolute Gasteiger partial charge is 0.271 e. The molecule has 0 saturated carbocycles. The lowest BCUT2D eigenvalue weighted by Crippen LogP contribution is -2.19. The number of anilines is 2. The van der Waals surface area contributed by atoms with Gasteiger partial charge < -0.3 is 10.1 Å². The van der Waals surface area contributed by atoms with E-state index in [1.165, 1.54) is 25.3 Å². The van der Waals surface area contributed by atoms with E-state index in [0.717, 1.165) is 12.1 Å². The maximum absolute atomic E-state index is 12.9. The molecule has 0 spiro atoms. The standard InChI is InChI=1S/C20H17N3O6S/c1-29-18-12-11-15(23(25)26)13-19(18)30(27,28)22-17-10-6-5-9-16(17)20(24)21-14-7-3-2-4-8-14/h2-13,22H,1H3,(H,21,24). The summed E-state index contributed by atoms with van der Waals surface area (Å²) in [6.07, 6.45) is 0. The molecule has 3 aromatic rings. The monoisotopic (exact) mass is 427 g/mol. The van der Waals surface area contributed by atoms with Gasteiger partial charge in [0.15, 0.2) is 0 Å². The number of nitrogens with one attached hydrogen (secondary N) is 2. The maximum Gasteiger partial charge on any atom is 0.271 e. The van der Waals surface area contributed by atoms with E-state index in [2.05, 4.69) is 10.0 Å². The summed E-state index contributed by atoms with van der Waals surface area (Å²) in [5, 5.41) is 13.7. The fourth-order valence-corrected chi connectivity index (χ4v) is 3.95. The van der Waals surface area contributed by atoms with Gasteiger partial charge in [-0.2, -0.15) is 0 Å². The lowest BCUT2D eigenvalue weighted by atomic mass is 10.1. The molecule has 2 N–H and O–H groups in total. The Bertz CT molecular complexity index is 1200. The van der Waals surface area contributed by atoms with E-state index in [0.29, 0.717) is 5.69 Å². The third-order valence-electron chi connectivity index (χ3n) is 4.10. The summed E-state index contributed by atoms with van der Waals surface area (Å²) in [5.74, 6) is -0.593. The number of hydrogen-bond donors (Lipinski definition) is 2. The second kappa shape index (κ2) is 8.62. The van der Waals surface area contributed by atoms with Crippen molar-refractivity contribution >= 4 is 33.0 Å². The Kier molecular flexibility index (Phi) is 5.98. The largest absolute Gasteiger partial charge is 0.495 e. The molecule has 0 radical (unpaired) electrons. The van der Waals surface area contributed by atoms with Crippen molar-refractivity contribution in [2.75, 3.05) is 17.1 Å². The first-order valence-electron chi connectivity index (χ1n) is 8.62. The van der Waals surface area contributed by atoms with Crippen molar-refractivity contribution in [3.8, 4) is 5.75 Å². The molecule has 3 rings (SSSR count). The van der Waals surface area contributed by atoms with E-state index < -0.39 is 31.4 Å². The van der Waals surface area contributed by atoms with Gasteiger partial charge in [-0.3, -0.25) is 19.6 Å². The Morgan fingerprint density at radius 2 is 1.67 bits per heavy atom. The second-order valence-electron chi connectivity index (χ2n) is 6.06. The normalized spacial score (nSPS) is 10.8. The fourth-order valence-electron chi connectivity index (χ4n) is 2.68. The predicted octanol–water partition coefficient (Wildman–Crippen LogP) is 3.66. The first-order valence-corrected chi connectivity index (χ1v) is 10.1. The number of benzene rings is 3. The van der Waals surface area contributed by atoms with Crippen molar-refractivity contribution in [3.05, 3.63) is 88.5 Å². The maximum atomic E-state index is 12.9. The zero-order chi connectivity index (χ0) is 21.7. The molecule has 0 atom stereocenters. The van der Waals surface area contributed by atoms with Crippen molar-refractivity contribution < 1.29 is 22.9 Å². The molecular formula is C20H17N3O6S. The summed E-state index contributed by atoms with van der Waals surface area (Å²) in [5.41, 5.74) is 0.223. The topological polar surface area (TPSA) is 128 Å². The molecule has 0 aliphatic heterocycles. The number of nitrogens with zero attached hydrogens (tertiary/aromatic N) is 1. The van der Waals surface area contributed by atoms with Gasteiger partial charge in [0.05, 0.1) is 23.3 Å². The molecule has 3 aromatic carbocycles. The minimum absolute atomic E-state index is 0.0134. The van der Waals surface area contributed by atoms with Gasteiger partial charge in [0.2, 0.25) is 0 Å². The molecule has 0 aliphatic rings. The van der Waals surface area contributed by atoms with Gasteiger partial charge >= 0.3 is 0 Å². The number of carbonyl (C=O) groups is 1. The Labute approximate surface area is 172 Å². The predicted molar refractivity (Wildman–Crippen MR) is 111 cm³/mol. The van der Waals surface area contributed by atoms with Crippen LogP contribution in [-0.4, -0.2) is 26.4 Å². The summed E-state index contributed by atoms with van der Waals surface area (Å²) in [7, 11) is -3.05. The van der Waals surface area contributed by atoms with Crippen LogP contribution in [0.5, 0.6) is 5.75 Å². The van der Waals surface area contributed by atoms with Crippen molar-refractivity contribution in [3.63, 3.8) is 0 Å². The zero-order valence-corrected chi connectivity index (χ0v) is 16.5. The Hall–Kier alpha value is -3.92. The Morgan fingerprint density at radius 3 is 2.33 bits per heavy atom.